The van der Waals surface area contributed by atoms with Crippen LogP contribution in [0, 0.1) is 12.7 Å². The van der Waals surface area contributed by atoms with E-state index in [1.54, 1.807) is 13.0 Å². The Morgan fingerprint density at radius 1 is 1.21 bits per heavy atom. The number of nitrogens with one attached hydrogen (secondary N) is 2. The third-order valence-electron chi connectivity index (χ3n) is 6.39. The smallest absolute Gasteiger partial charge is 0.392 e. The number of aryl methyl sites for hydroxylation is 1. The summed E-state index contributed by atoms with van der Waals surface area (Å²) < 4.78 is 58.4. The molecule has 1 aromatic carbocycles. The molecule has 2 aliphatic rings. The van der Waals surface area contributed by atoms with Crippen LogP contribution in [0.3, 0.4) is 0 Å². The molecule has 0 unspecified atom stereocenters. The van der Waals surface area contributed by atoms with E-state index in [4.69, 9.17) is 4.74 Å². The molecule has 3 N–H and O–H groups in total. The Kier molecular flexibility index (Phi) is 8.41. The molecule has 2 aromatic rings. The molecule has 1 atom stereocenters. The highest BCUT2D eigenvalue weighted by Gasteiger charge is 2.32. The lowest BCUT2D eigenvalue weighted by Gasteiger charge is -2.29. The third kappa shape index (κ3) is 6.93. The number of ether oxygens (including phenoxy) is 1. The first kappa shape index (κ1) is 27.6. The van der Waals surface area contributed by atoms with Crippen LogP contribution in [0.1, 0.15) is 18.9 Å². The molecule has 3 heterocycles. The molecule has 206 valence electrons. The Labute approximate surface area is 218 Å². The van der Waals surface area contributed by atoms with Gasteiger partial charge in [-0.2, -0.15) is 13.2 Å². The summed E-state index contributed by atoms with van der Waals surface area (Å²) >= 11 is 0. The highest BCUT2D eigenvalue weighted by atomic mass is 19.4. The summed E-state index contributed by atoms with van der Waals surface area (Å²) in [5, 5.41) is 15.2. The van der Waals surface area contributed by atoms with E-state index < -0.39 is 24.4 Å². The highest BCUT2D eigenvalue weighted by molar-refractivity contribution is 5.91. The molecule has 0 aliphatic carbocycles. The van der Waals surface area contributed by atoms with Crippen LogP contribution < -0.4 is 15.5 Å². The van der Waals surface area contributed by atoms with Crippen LogP contribution in [0.5, 0.6) is 0 Å². The fourth-order valence-corrected chi connectivity index (χ4v) is 4.43. The fourth-order valence-electron chi connectivity index (χ4n) is 4.43. The van der Waals surface area contributed by atoms with Crippen LogP contribution in [0.2, 0.25) is 0 Å². The van der Waals surface area contributed by atoms with E-state index >= 15 is 0 Å². The molecule has 0 radical (unpaired) electrons. The number of pyridine rings is 1. The minimum Gasteiger partial charge on any atom is -0.394 e. The van der Waals surface area contributed by atoms with Gasteiger partial charge in [0.15, 0.2) is 0 Å². The Morgan fingerprint density at radius 3 is 2.63 bits per heavy atom. The number of aliphatic hydroxyl groups is 1. The second kappa shape index (κ2) is 11.6. The van der Waals surface area contributed by atoms with Gasteiger partial charge in [0.25, 0.3) is 0 Å². The van der Waals surface area contributed by atoms with Gasteiger partial charge >= 0.3 is 12.2 Å². The van der Waals surface area contributed by atoms with Crippen LogP contribution in [0.15, 0.2) is 35.9 Å². The molecule has 1 fully saturated rings. The van der Waals surface area contributed by atoms with Crippen molar-refractivity contribution in [3.8, 4) is 11.1 Å². The number of rotatable bonds is 7. The number of morpholine rings is 1. The summed E-state index contributed by atoms with van der Waals surface area (Å²) in [6, 6.07) is 5.54. The average Bonchev–Trinajstić information content (AvgIpc) is 3.33. The molecular weight excluding hydrogens is 506 g/mol. The minimum absolute atomic E-state index is 0.0168. The van der Waals surface area contributed by atoms with E-state index in [2.05, 4.69) is 20.5 Å². The average molecular weight is 538 g/mol. The second-order valence-electron chi connectivity index (χ2n) is 9.54. The number of anilines is 3. The van der Waals surface area contributed by atoms with Gasteiger partial charge in [-0.1, -0.05) is 6.08 Å². The second-order valence-corrected chi connectivity index (χ2v) is 9.54. The van der Waals surface area contributed by atoms with Gasteiger partial charge in [0, 0.05) is 32.2 Å². The van der Waals surface area contributed by atoms with Gasteiger partial charge in [0.05, 0.1) is 31.9 Å². The number of carbonyl (C=O) groups is 1. The van der Waals surface area contributed by atoms with Crippen molar-refractivity contribution in [1.82, 2.24) is 9.88 Å². The lowest BCUT2D eigenvalue weighted by molar-refractivity contribution is -0.127. The summed E-state index contributed by atoms with van der Waals surface area (Å²) in [5.41, 5.74) is 2.01. The van der Waals surface area contributed by atoms with Gasteiger partial charge in [-0.15, -0.1) is 0 Å². The van der Waals surface area contributed by atoms with E-state index in [0.29, 0.717) is 49.1 Å². The zero-order chi connectivity index (χ0) is 27.4. The van der Waals surface area contributed by atoms with Crippen molar-refractivity contribution < 1.29 is 32.2 Å². The van der Waals surface area contributed by atoms with Crippen molar-refractivity contribution >= 4 is 23.4 Å². The SMILES string of the molecule is Cc1cc(F)c(NC(=O)N2CC=C(CC(F)(F)F)C2)cc1-c1cc(N[C@H](C)CO)nc(N2CCOCC2)c1. The lowest BCUT2D eigenvalue weighted by Crippen LogP contribution is -2.37. The predicted octanol–water partition coefficient (Wildman–Crippen LogP) is 4.55. The molecule has 2 aliphatic heterocycles. The quantitative estimate of drug-likeness (QED) is 0.355. The maximum absolute atomic E-state index is 14.9. The zero-order valence-corrected chi connectivity index (χ0v) is 21.2. The summed E-state index contributed by atoms with van der Waals surface area (Å²) in [7, 11) is 0. The summed E-state index contributed by atoms with van der Waals surface area (Å²) in [6.45, 7) is 5.72. The fraction of sp³-hybridized carbons (Fsp3) is 0.462. The maximum Gasteiger partial charge on any atom is 0.392 e. The van der Waals surface area contributed by atoms with E-state index in [9.17, 15) is 27.5 Å². The van der Waals surface area contributed by atoms with Gasteiger partial charge in [-0.25, -0.2) is 14.2 Å². The van der Waals surface area contributed by atoms with Crippen LogP contribution in [0.4, 0.5) is 39.7 Å². The Morgan fingerprint density at radius 2 is 1.95 bits per heavy atom. The van der Waals surface area contributed by atoms with Crippen molar-refractivity contribution in [3.05, 3.63) is 47.3 Å². The number of aliphatic hydroxyl groups excluding tert-OH is 1. The Bertz CT molecular complexity index is 1200. The van der Waals surface area contributed by atoms with Gasteiger partial charge in [0.2, 0.25) is 0 Å². The first-order chi connectivity index (χ1) is 18.0. The molecule has 4 rings (SSSR count). The summed E-state index contributed by atoms with van der Waals surface area (Å²) in [5.74, 6) is 0.560. The number of halogens is 4. The molecular formula is C26H31F4N5O3. The van der Waals surface area contributed by atoms with Crippen molar-refractivity contribution in [2.45, 2.75) is 32.5 Å². The lowest BCUT2D eigenvalue weighted by atomic mass is 9.99. The molecule has 0 spiro atoms. The van der Waals surface area contributed by atoms with Gasteiger partial charge in [-0.3, -0.25) is 0 Å². The van der Waals surface area contributed by atoms with Crippen LogP contribution in [-0.4, -0.2) is 79.2 Å². The number of alkyl halides is 3. The number of urea groups is 1. The number of amides is 2. The van der Waals surface area contributed by atoms with Crippen LogP contribution in [0.25, 0.3) is 11.1 Å². The third-order valence-corrected chi connectivity index (χ3v) is 6.39. The molecule has 0 saturated carbocycles. The minimum atomic E-state index is -4.36. The highest BCUT2D eigenvalue weighted by Crippen LogP contribution is 2.33. The van der Waals surface area contributed by atoms with Gasteiger partial charge in [-0.05, 0) is 60.4 Å². The first-order valence-electron chi connectivity index (χ1n) is 12.4. The Hall–Kier alpha value is -3.38. The molecule has 38 heavy (non-hydrogen) atoms. The number of hydrogen-bond donors (Lipinski definition) is 3. The largest absolute Gasteiger partial charge is 0.394 e. The van der Waals surface area contributed by atoms with Gasteiger partial charge in [0.1, 0.15) is 17.5 Å². The standard InChI is InChI=1S/C26H31F4N5O3/c1-16-9-21(27)22(32-25(37)35-4-3-18(14-35)13-26(28,29)30)12-20(16)19-10-23(31-17(2)15-36)33-24(11-19)34-5-7-38-8-6-34/h3,9-12,17,36H,4-8,13-15H2,1-2H3,(H,31,33)(H,32,37)/t17-/m1/s1. The van der Waals surface area contributed by atoms with Crippen LogP contribution in [-0.2, 0) is 4.74 Å². The topological polar surface area (TPSA) is 90.0 Å². The zero-order valence-electron chi connectivity index (χ0n) is 21.2. The maximum atomic E-state index is 14.9. The number of nitrogens with zero attached hydrogens (tertiary/aromatic N) is 3. The summed E-state index contributed by atoms with van der Waals surface area (Å²) in [4.78, 5) is 20.7. The molecule has 1 saturated heterocycles. The van der Waals surface area contributed by atoms with E-state index in [1.165, 1.54) is 23.1 Å². The van der Waals surface area contributed by atoms with E-state index in [1.807, 2.05) is 13.0 Å². The van der Waals surface area contributed by atoms with E-state index in [0.717, 1.165) is 5.56 Å². The number of hydrogen-bond acceptors (Lipinski definition) is 6. The van der Waals surface area contributed by atoms with Gasteiger partial charge < -0.3 is 30.3 Å². The first-order valence-corrected chi connectivity index (χ1v) is 12.4. The molecule has 2 amide bonds. The van der Waals surface area contributed by atoms with Crippen LogP contribution >= 0.6 is 0 Å². The van der Waals surface area contributed by atoms with Crippen molar-refractivity contribution in [2.75, 3.05) is 61.5 Å². The molecule has 8 nitrogen and oxygen atoms in total. The van der Waals surface area contributed by atoms with Crippen molar-refractivity contribution in [2.24, 2.45) is 0 Å². The predicted molar refractivity (Wildman–Crippen MR) is 137 cm³/mol. The Balaban J connectivity index is 1.60. The molecule has 12 heteroatoms. The van der Waals surface area contributed by atoms with Crippen molar-refractivity contribution in [3.63, 3.8) is 0 Å². The van der Waals surface area contributed by atoms with E-state index in [-0.39, 0.29) is 37.0 Å². The van der Waals surface area contributed by atoms with Crippen molar-refractivity contribution in [1.29, 1.82) is 0 Å². The monoisotopic (exact) mass is 537 g/mol. The normalized spacial score (nSPS) is 16.9. The molecule has 1 aromatic heterocycles. The number of carbonyl (C=O) groups excluding carboxylic acids is 1. The molecule has 0 bridgehead atoms. The number of benzene rings is 1. The number of aromatic nitrogens is 1. The summed E-state index contributed by atoms with van der Waals surface area (Å²) in [6.07, 6.45) is -4.07.